The van der Waals surface area contributed by atoms with Gasteiger partial charge >= 0.3 is 0 Å². The van der Waals surface area contributed by atoms with E-state index < -0.39 is 0 Å². The van der Waals surface area contributed by atoms with Crippen LogP contribution in [0.2, 0.25) is 0 Å². The highest BCUT2D eigenvalue weighted by Crippen LogP contribution is 2.29. The van der Waals surface area contributed by atoms with Crippen molar-refractivity contribution in [2.75, 3.05) is 5.32 Å². The second-order valence-electron chi connectivity index (χ2n) is 5.10. The van der Waals surface area contributed by atoms with Gasteiger partial charge in [0.1, 0.15) is 0 Å². The van der Waals surface area contributed by atoms with E-state index in [4.69, 9.17) is 0 Å². The molecule has 0 aliphatic carbocycles. The number of nitro groups is 1. The molecule has 1 N–H and O–H groups in total. The Morgan fingerprint density at radius 1 is 1.14 bits per heavy atom. The predicted octanol–water partition coefficient (Wildman–Crippen LogP) is 3.48. The average Bonchev–Trinajstić information content (AvgIpc) is 2.41. The van der Waals surface area contributed by atoms with E-state index in [1.807, 2.05) is 26.8 Å². The van der Waals surface area contributed by atoms with Crippen molar-refractivity contribution in [3.8, 4) is 0 Å². The maximum Gasteiger partial charge on any atom is 0.274 e. The molecule has 2 aromatic rings. The first-order valence-electron chi connectivity index (χ1n) is 6.70. The monoisotopic (exact) mass is 286 g/mol. The van der Waals surface area contributed by atoms with Crippen LogP contribution in [0.4, 0.5) is 11.4 Å². The summed E-state index contributed by atoms with van der Waals surface area (Å²) in [4.78, 5) is 19.2. The first-order valence-corrected chi connectivity index (χ1v) is 6.70. The Hall–Kier alpha value is -2.50. The fourth-order valence-electron chi connectivity index (χ4n) is 2.34. The van der Waals surface area contributed by atoms with Gasteiger partial charge in [0.05, 0.1) is 22.4 Å². The van der Waals surface area contributed by atoms with Gasteiger partial charge in [0.15, 0.2) is 0 Å². The van der Waals surface area contributed by atoms with E-state index in [1.54, 1.807) is 25.4 Å². The zero-order valence-corrected chi connectivity index (χ0v) is 12.5. The number of aromatic nitrogens is 2. The fourth-order valence-corrected chi connectivity index (χ4v) is 2.34. The lowest BCUT2D eigenvalue weighted by Crippen LogP contribution is -2.12. The van der Waals surface area contributed by atoms with Gasteiger partial charge in [-0.15, -0.1) is 0 Å². The molecule has 0 radical (unpaired) electrons. The van der Waals surface area contributed by atoms with Crippen molar-refractivity contribution in [2.45, 2.75) is 33.7 Å². The number of benzene rings is 1. The van der Waals surface area contributed by atoms with Crippen LogP contribution in [0.15, 0.2) is 24.5 Å². The van der Waals surface area contributed by atoms with Gasteiger partial charge in [0.2, 0.25) is 0 Å². The lowest BCUT2D eigenvalue weighted by atomic mass is 10.1. The number of nitrogens with one attached hydrogen (secondary N) is 1. The number of nitrogens with zero attached hydrogens (tertiary/aromatic N) is 3. The van der Waals surface area contributed by atoms with Crippen LogP contribution in [0.5, 0.6) is 0 Å². The largest absolute Gasteiger partial charge is 0.376 e. The molecule has 0 saturated carbocycles. The van der Waals surface area contributed by atoms with Crippen LogP contribution >= 0.6 is 0 Å². The van der Waals surface area contributed by atoms with E-state index in [0.29, 0.717) is 5.56 Å². The summed E-state index contributed by atoms with van der Waals surface area (Å²) in [6, 6.07) is 3.31. The highest BCUT2D eigenvalue weighted by atomic mass is 16.6. The second kappa shape index (κ2) is 5.87. The Morgan fingerprint density at radius 3 is 2.43 bits per heavy atom. The van der Waals surface area contributed by atoms with Crippen LogP contribution in [0.3, 0.4) is 0 Å². The van der Waals surface area contributed by atoms with Crippen molar-refractivity contribution in [1.82, 2.24) is 9.97 Å². The van der Waals surface area contributed by atoms with Crippen molar-refractivity contribution < 1.29 is 4.92 Å². The Bertz CT molecular complexity index is 685. The topological polar surface area (TPSA) is 81.0 Å². The van der Waals surface area contributed by atoms with Gasteiger partial charge < -0.3 is 5.32 Å². The number of rotatable bonds is 4. The van der Waals surface area contributed by atoms with Crippen molar-refractivity contribution in [3.63, 3.8) is 0 Å². The predicted molar refractivity (Wildman–Crippen MR) is 81.4 cm³/mol. The number of aryl methyl sites for hydroxylation is 3. The molecule has 6 heteroatoms. The maximum absolute atomic E-state index is 11.1. The molecule has 0 spiro atoms. The van der Waals surface area contributed by atoms with Crippen LogP contribution in [0.1, 0.15) is 35.5 Å². The van der Waals surface area contributed by atoms with Crippen molar-refractivity contribution in [1.29, 1.82) is 0 Å². The first-order chi connectivity index (χ1) is 9.90. The van der Waals surface area contributed by atoms with E-state index in [9.17, 15) is 10.1 Å². The molecule has 1 atom stereocenters. The molecule has 21 heavy (non-hydrogen) atoms. The molecule has 0 aliphatic heterocycles. The number of hydrogen-bond acceptors (Lipinski definition) is 5. The van der Waals surface area contributed by atoms with Gasteiger partial charge in [-0.3, -0.25) is 20.1 Å². The van der Waals surface area contributed by atoms with Gasteiger partial charge in [0, 0.05) is 29.7 Å². The number of hydrogen-bond donors (Lipinski definition) is 1. The van der Waals surface area contributed by atoms with Gasteiger partial charge in [-0.1, -0.05) is 0 Å². The Morgan fingerprint density at radius 2 is 1.81 bits per heavy atom. The van der Waals surface area contributed by atoms with Crippen LogP contribution in [0, 0.1) is 30.9 Å². The molecule has 1 heterocycles. The molecule has 110 valence electrons. The van der Waals surface area contributed by atoms with Gasteiger partial charge in [-0.2, -0.15) is 0 Å². The van der Waals surface area contributed by atoms with Gasteiger partial charge in [-0.05, 0) is 39.3 Å². The van der Waals surface area contributed by atoms with Crippen LogP contribution < -0.4 is 5.32 Å². The molecule has 1 aromatic heterocycles. The molecule has 0 fully saturated rings. The van der Waals surface area contributed by atoms with Crippen LogP contribution in [-0.2, 0) is 0 Å². The van der Waals surface area contributed by atoms with Crippen molar-refractivity contribution in [3.05, 3.63) is 57.2 Å². The molecule has 0 aliphatic rings. The Balaban J connectivity index is 2.33. The summed E-state index contributed by atoms with van der Waals surface area (Å²) in [5.41, 5.74) is 4.16. The summed E-state index contributed by atoms with van der Waals surface area (Å²) in [6.07, 6.45) is 3.29. The third-order valence-corrected chi connectivity index (χ3v) is 3.44. The molecule has 0 saturated heterocycles. The molecule has 1 unspecified atom stereocenters. The first kappa shape index (κ1) is 14.9. The highest BCUT2D eigenvalue weighted by molar-refractivity contribution is 5.60. The minimum Gasteiger partial charge on any atom is -0.376 e. The molecule has 0 amide bonds. The number of nitro benzene ring substituents is 1. The zero-order chi connectivity index (χ0) is 15.6. The summed E-state index contributed by atoms with van der Waals surface area (Å²) in [5.74, 6) is 0. The molecular weight excluding hydrogens is 268 g/mol. The lowest BCUT2D eigenvalue weighted by molar-refractivity contribution is -0.385. The highest BCUT2D eigenvalue weighted by Gasteiger charge is 2.16. The quantitative estimate of drug-likeness (QED) is 0.687. The van der Waals surface area contributed by atoms with E-state index in [-0.39, 0.29) is 16.7 Å². The zero-order valence-electron chi connectivity index (χ0n) is 12.5. The standard InChI is InChI=1S/C15H18N4O2/c1-9-7-10(2)14(19(20)21)8-13(9)18-12(4)15-11(3)16-5-6-17-15/h5-8,12,18H,1-4H3. The normalized spacial score (nSPS) is 12.0. The van der Waals surface area contributed by atoms with E-state index in [2.05, 4.69) is 15.3 Å². The van der Waals surface area contributed by atoms with Crippen LogP contribution in [0.25, 0.3) is 0 Å². The SMILES string of the molecule is Cc1cc(C)c([N+](=O)[O-])cc1NC(C)c1nccnc1C. The summed E-state index contributed by atoms with van der Waals surface area (Å²) in [7, 11) is 0. The third-order valence-electron chi connectivity index (χ3n) is 3.44. The Kier molecular flexibility index (Phi) is 4.16. The maximum atomic E-state index is 11.1. The van der Waals surface area contributed by atoms with E-state index >= 15 is 0 Å². The van der Waals surface area contributed by atoms with Gasteiger partial charge in [-0.25, -0.2) is 0 Å². The Labute approximate surface area is 123 Å². The van der Waals surface area contributed by atoms with Crippen LogP contribution in [-0.4, -0.2) is 14.9 Å². The summed E-state index contributed by atoms with van der Waals surface area (Å²) in [5, 5.41) is 14.3. The fraction of sp³-hybridized carbons (Fsp3) is 0.333. The molecule has 1 aromatic carbocycles. The summed E-state index contributed by atoms with van der Waals surface area (Å²) < 4.78 is 0. The van der Waals surface area contributed by atoms with Gasteiger partial charge in [0.25, 0.3) is 5.69 Å². The molecule has 2 rings (SSSR count). The third kappa shape index (κ3) is 3.16. The minimum absolute atomic E-state index is 0.0836. The smallest absolute Gasteiger partial charge is 0.274 e. The molecule has 0 bridgehead atoms. The minimum atomic E-state index is -0.363. The van der Waals surface area contributed by atoms with Crippen molar-refractivity contribution in [2.24, 2.45) is 0 Å². The summed E-state index contributed by atoms with van der Waals surface area (Å²) in [6.45, 7) is 7.52. The second-order valence-corrected chi connectivity index (χ2v) is 5.10. The van der Waals surface area contributed by atoms with E-state index in [1.165, 1.54) is 0 Å². The number of anilines is 1. The summed E-state index contributed by atoms with van der Waals surface area (Å²) >= 11 is 0. The lowest BCUT2D eigenvalue weighted by Gasteiger charge is -2.18. The van der Waals surface area contributed by atoms with Crippen molar-refractivity contribution >= 4 is 11.4 Å². The average molecular weight is 286 g/mol. The van der Waals surface area contributed by atoms with E-state index in [0.717, 1.165) is 22.6 Å². The molecular formula is C15H18N4O2. The molecule has 6 nitrogen and oxygen atoms in total.